The lowest BCUT2D eigenvalue weighted by atomic mass is 10.1. The Morgan fingerprint density at radius 2 is 2.10 bits per heavy atom. The van der Waals surface area contributed by atoms with Crippen molar-refractivity contribution in [1.29, 1.82) is 0 Å². The molecule has 4 nitrogen and oxygen atoms in total. The summed E-state index contributed by atoms with van der Waals surface area (Å²) in [6, 6.07) is 7.41. The normalized spacial score (nSPS) is 11.1. The molecular formula is C16H19N3O. The monoisotopic (exact) mass is 269 g/mol. The topological polar surface area (TPSA) is 60.9 Å². The van der Waals surface area contributed by atoms with Gasteiger partial charge in [-0.25, -0.2) is 4.98 Å². The second-order valence-electron chi connectivity index (χ2n) is 4.68. The van der Waals surface area contributed by atoms with Crippen LogP contribution in [-0.2, 0) is 17.8 Å². The van der Waals surface area contributed by atoms with E-state index in [1.54, 1.807) is 18.3 Å². The highest BCUT2D eigenvalue weighted by atomic mass is 16.1. The molecule has 0 aliphatic heterocycles. The molecule has 0 spiro atoms. The van der Waals surface area contributed by atoms with Gasteiger partial charge in [0.25, 0.3) is 0 Å². The molecule has 1 aromatic carbocycles. The summed E-state index contributed by atoms with van der Waals surface area (Å²) in [7, 11) is 0. The molecule has 104 valence electrons. The van der Waals surface area contributed by atoms with E-state index in [-0.39, 0.29) is 5.78 Å². The van der Waals surface area contributed by atoms with Crippen molar-refractivity contribution in [1.82, 2.24) is 9.55 Å². The lowest BCUT2D eigenvalue weighted by molar-refractivity contribution is -0.114. The highest BCUT2D eigenvalue weighted by Crippen LogP contribution is 2.08. The van der Waals surface area contributed by atoms with Crippen LogP contribution in [0.4, 0.5) is 5.69 Å². The standard InChI is InChI=1S/C16H19N3O/c1-2-10-19-11-9-18-16(19)12-15(20)8-5-13-3-6-14(17)7-4-13/h3-9,11H,2,10,12,17H2,1H3/b8-5+. The number of carbonyl (C=O) groups excluding carboxylic acids is 1. The van der Waals surface area contributed by atoms with Crippen molar-refractivity contribution in [3.63, 3.8) is 0 Å². The second kappa shape index (κ2) is 6.70. The van der Waals surface area contributed by atoms with Crippen LogP contribution in [0.1, 0.15) is 24.7 Å². The summed E-state index contributed by atoms with van der Waals surface area (Å²) in [5.41, 5.74) is 7.30. The molecule has 2 rings (SSSR count). The molecule has 20 heavy (non-hydrogen) atoms. The van der Waals surface area contributed by atoms with E-state index in [0.717, 1.165) is 30.0 Å². The third kappa shape index (κ3) is 3.82. The molecule has 0 amide bonds. The molecule has 2 aromatic rings. The van der Waals surface area contributed by atoms with Gasteiger partial charge in [-0.2, -0.15) is 0 Å². The fraction of sp³-hybridized carbons (Fsp3) is 0.250. The van der Waals surface area contributed by atoms with Crippen molar-refractivity contribution in [3.05, 3.63) is 54.1 Å². The molecule has 0 aliphatic rings. The first-order valence-electron chi connectivity index (χ1n) is 6.75. The first-order chi connectivity index (χ1) is 9.69. The maximum atomic E-state index is 11.9. The van der Waals surface area contributed by atoms with Crippen LogP contribution in [0.2, 0.25) is 0 Å². The van der Waals surface area contributed by atoms with Crippen LogP contribution < -0.4 is 5.73 Å². The van der Waals surface area contributed by atoms with Gasteiger partial charge in [-0.15, -0.1) is 0 Å². The zero-order valence-electron chi connectivity index (χ0n) is 11.6. The summed E-state index contributed by atoms with van der Waals surface area (Å²) in [4.78, 5) is 16.2. The molecular weight excluding hydrogens is 250 g/mol. The molecule has 4 heteroatoms. The quantitative estimate of drug-likeness (QED) is 0.648. The molecule has 0 bridgehead atoms. The van der Waals surface area contributed by atoms with E-state index in [9.17, 15) is 4.79 Å². The van der Waals surface area contributed by atoms with Crippen LogP contribution >= 0.6 is 0 Å². The van der Waals surface area contributed by atoms with Gasteiger partial charge in [0.1, 0.15) is 5.82 Å². The molecule has 1 heterocycles. The van der Waals surface area contributed by atoms with Crippen LogP contribution in [0.15, 0.2) is 42.7 Å². The first kappa shape index (κ1) is 14.1. The number of nitrogens with zero attached hydrogens (tertiary/aromatic N) is 2. The van der Waals surface area contributed by atoms with Crippen molar-refractivity contribution < 1.29 is 4.79 Å². The number of anilines is 1. The molecule has 0 fully saturated rings. The molecule has 0 aliphatic carbocycles. The zero-order valence-corrected chi connectivity index (χ0v) is 11.6. The van der Waals surface area contributed by atoms with Crippen molar-refractivity contribution in [2.45, 2.75) is 26.3 Å². The number of ketones is 1. The number of imidazole rings is 1. The molecule has 0 saturated carbocycles. The number of aromatic nitrogens is 2. The summed E-state index contributed by atoms with van der Waals surface area (Å²) in [6.07, 6.45) is 8.40. The second-order valence-corrected chi connectivity index (χ2v) is 4.68. The van der Waals surface area contributed by atoms with Crippen molar-refractivity contribution in [3.8, 4) is 0 Å². The Bertz CT molecular complexity index is 596. The van der Waals surface area contributed by atoms with E-state index in [0.29, 0.717) is 6.42 Å². The summed E-state index contributed by atoms with van der Waals surface area (Å²) in [5, 5.41) is 0. The van der Waals surface area contributed by atoms with Gasteiger partial charge in [-0.1, -0.05) is 25.1 Å². The Morgan fingerprint density at radius 3 is 2.80 bits per heavy atom. The Hall–Kier alpha value is -2.36. The number of carbonyl (C=O) groups is 1. The molecule has 2 N–H and O–H groups in total. The van der Waals surface area contributed by atoms with Crippen LogP contribution in [-0.4, -0.2) is 15.3 Å². The van der Waals surface area contributed by atoms with E-state index < -0.39 is 0 Å². The minimum absolute atomic E-state index is 0.0466. The maximum Gasteiger partial charge on any atom is 0.163 e. The highest BCUT2D eigenvalue weighted by Gasteiger charge is 2.06. The van der Waals surface area contributed by atoms with Crippen LogP contribution in [0.3, 0.4) is 0 Å². The number of allylic oxidation sites excluding steroid dienone is 1. The van der Waals surface area contributed by atoms with Gasteiger partial charge in [-0.05, 0) is 30.2 Å². The third-order valence-corrected chi connectivity index (χ3v) is 3.00. The molecule has 0 atom stereocenters. The number of rotatable bonds is 6. The van der Waals surface area contributed by atoms with Crippen LogP contribution in [0.5, 0.6) is 0 Å². The minimum Gasteiger partial charge on any atom is -0.399 e. The lowest BCUT2D eigenvalue weighted by Crippen LogP contribution is -2.07. The zero-order chi connectivity index (χ0) is 14.4. The minimum atomic E-state index is 0.0466. The predicted octanol–water partition coefficient (Wildman–Crippen LogP) is 2.70. The summed E-state index contributed by atoms with van der Waals surface area (Å²) < 4.78 is 2.02. The summed E-state index contributed by atoms with van der Waals surface area (Å²) in [5.74, 6) is 0.865. The number of hydrogen-bond donors (Lipinski definition) is 1. The Labute approximate surface area is 118 Å². The molecule has 0 saturated heterocycles. The maximum absolute atomic E-state index is 11.9. The van der Waals surface area contributed by atoms with E-state index in [4.69, 9.17) is 5.73 Å². The third-order valence-electron chi connectivity index (χ3n) is 3.00. The average molecular weight is 269 g/mol. The van der Waals surface area contributed by atoms with Gasteiger partial charge in [0.05, 0.1) is 6.42 Å². The average Bonchev–Trinajstić information content (AvgIpc) is 2.86. The van der Waals surface area contributed by atoms with E-state index in [2.05, 4.69) is 11.9 Å². The van der Waals surface area contributed by atoms with Crippen molar-refractivity contribution in [2.24, 2.45) is 0 Å². The Balaban J connectivity index is 1.98. The van der Waals surface area contributed by atoms with Gasteiger partial charge in [0.2, 0.25) is 0 Å². The van der Waals surface area contributed by atoms with E-state index >= 15 is 0 Å². The predicted molar refractivity (Wildman–Crippen MR) is 81.1 cm³/mol. The number of hydrogen-bond acceptors (Lipinski definition) is 3. The summed E-state index contributed by atoms with van der Waals surface area (Å²) >= 11 is 0. The fourth-order valence-corrected chi connectivity index (χ4v) is 1.96. The van der Waals surface area contributed by atoms with Gasteiger partial charge < -0.3 is 10.3 Å². The largest absolute Gasteiger partial charge is 0.399 e. The van der Waals surface area contributed by atoms with Gasteiger partial charge in [-0.3, -0.25) is 4.79 Å². The van der Waals surface area contributed by atoms with Crippen LogP contribution in [0.25, 0.3) is 6.08 Å². The SMILES string of the molecule is CCCn1ccnc1CC(=O)/C=C/c1ccc(N)cc1. The number of aryl methyl sites for hydroxylation is 1. The first-order valence-corrected chi connectivity index (χ1v) is 6.75. The van der Waals surface area contributed by atoms with E-state index in [1.165, 1.54) is 0 Å². The highest BCUT2D eigenvalue weighted by molar-refractivity contribution is 5.94. The fourth-order valence-electron chi connectivity index (χ4n) is 1.96. The lowest BCUT2D eigenvalue weighted by Gasteiger charge is -2.03. The molecule has 1 aromatic heterocycles. The Morgan fingerprint density at radius 1 is 1.35 bits per heavy atom. The van der Waals surface area contributed by atoms with Gasteiger partial charge in [0, 0.05) is 24.6 Å². The van der Waals surface area contributed by atoms with Crippen molar-refractivity contribution >= 4 is 17.5 Å². The Kier molecular flexibility index (Phi) is 4.71. The summed E-state index contributed by atoms with van der Waals surface area (Å²) in [6.45, 7) is 3.00. The number of nitrogen functional groups attached to an aromatic ring is 1. The van der Waals surface area contributed by atoms with E-state index in [1.807, 2.05) is 35.0 Å². The van der Waals surface area contributed by atoms with Crippen molar-refractivity contribution in [2.75, 3.05) is 5.73 Å². The number of benzene rings is 1. The number of nitrogens with two attached hydrogens (primary N) is 1. The molecule has 0 unspecified atom stereocenters. The van der Waals surface area contributed by atoms with Gasteiger partial charge >= 0.3 is 0 Å². The molecule has 0 radical (unpaired) electrons. The van der Waals surface area contributed by atoms with Crippen LogP contribution in [0, 0.1) is 0 Å². The van der Waals surface area contributed by atoms with Gasteiger partial charge in [0.15, 0.2) is 5.78 Å². The smallest absolute Gasteiger partial charge is 0.163 e.